The third-order valence-corrected chi connectivity index (χ3v) is 4.93. The second-order valence-corrected chi connectivity index (χ2v) is 7.04. The Hall–Kier alpha value is -2.59. The summed E-state index contributed by atoms with van der Waals surface area (Å²) < 4.78 is 1.08. The Balaban J connectivity index is 1.75. The molecule has 0 bridgehead atoms. The van der Waals surface area contributed by atoms with E-state index in [1.54, 1.807) is 0 Å². The van der Waals surface area contributed by atoms with Gasteiger partial charge in [-0.15, -0.1) is 0 Å². The van der Waals surface area contributed by atoms with Crippen molar-refractivity contribution in [3.05, 3.63) is 94.5 Å². The van der Waals surface area contributed by atoms with Gasteiger partial charge in [-0.3, -0.25) is 5.01 Å². The van der Waals surface area contributed by atoms with Crippen LogP contribution in [0.1, 0.15) is 23.6 Å². The van der Waals surface area contributed by atoms with E-state index >= 15 is 0 Å². The summed E-state index contributed by atoms with van der Waals surface area (Å²) in [5.41, 5.74) is 11.2. The van der Waals surface area contributed by atoms with Crippen LogP contribution in [0.4, 0.5) is 11.4 Å². The number of nitrogens with two attached hydrogens (primary N) is 1. The van der Waals surface area contributed by atoms with Crippen LogP contribution in [0.25, 0.3) is 0 Å². The molecule has 0 fully saturated rings. The molecule has 4 rings (SSSR count). The van der Waals surface area contributed by atoms with Crippen molar-refractivity contribution in [3.63, 3.8) is 0 Å². The number of benzene rings is 3. The van der Waals surface area contributed by atoms with Gasteiger partial charge in [0.1, 0.15) is 0 Å². The summed E-state index contributed by atoms with van der Waals surface area (Å²) >= 11 is 3.51. The zero-order valence-electron chi connectivity index (χ0n) is 13.6. The van der Waals surface area contributed by atoms with Crippen molar-refractivity contribution in [3.8, 4) is 0 Å². The monoisotopic (exact) mass is 391 g/mol. The van der Waals surface area contributed by atoms with Crippen LogP contribution in [-0.2, 0) is 0 Å². The Labute approximate surface area is 155 Å². The van der Waals surface area contributed by atoms with E-state index in [0.29, 0.717) is 0 Å². The second-order valence-electron chi connectivity index (χ2n) is 6.12. The van der Waals surface area contributed by atoms with Gasteiger partial charge < -0.3 is 5.73 Å². The molecule has 1 aliphatic heterocycles. The summed E-state index contributed by atoms with van der Waals surface area (Å²) in [4.78, 5) is 0. The first-order valence-electron chi connectivity index (χ1n) is 8.24. The van der Waals surface area contributed by atoms with Crippen LogP contribution in [0.5, 0.6) is 0 Å². The Bertz CT molecular complexity index is 904. The lowest BCUT2D eigenvalue weighted by Gasteiger charge is -2.24. The Morgan fingerprint density at radius 3 is 2.40 bits per heavy atom. The molecule has 4 heteroatoms. The van der Waals surface area contributed by atoms with Crippen molar-refractivity contribution >= 4 is 33.0 Å². The standard InChI is InChI=1S/C21H18BrN3/c22-17-11-9-15(10-12-17)21-14-20(16-5-4-6-18(23)13-16)24-25(21)19-7-2-1-3-8-19/h1-13,21H,14,23H2. The molecule has 0 radical (unpaired) electrons. The van der Waals surface area contributed by atoms with Crippen molar-refractivity contribution in [2.45, 2.75) is 12.5 Å². The van der Waals surface area contributed by atoms with Gasteiger partial charge in [-0.25, -0.2) is 0 Å². The highest BCUT2D eigenvalue weighted by Crippen LogP contribution is 2.37. The number of hydrogen-bond donors (Lipinski definition) is 1. The molecule has 1 atom stereocenters. The van der Waals surface area contributed by atoms with Crippen molar-refractivity contribution in [1.29, 1.82) is 0 Å². The van der Waals surface area contributed by atoms with Gasteiger partial charge in [-0.2, -0.15) is 5.10 Å². The Kier molecular flexibility index (Phi) is 4.28. The zero-order valence-corrected chi connectivity index (χ0v) is 15.2. The predicted molar refractivity (Wildman–Crippen MR) is 108 cm³/mol. The van der Waals surface area contributed by atoms with Crippen molar-refractivity contribution < 1.29 is 0 Å². The van der Waals surface area contributed by atoms with Gasteiger partial charge in [0.05, 0.1) is 17.4 Å². The number of nitrogens with zero attached hydrogens (tertiary/aromatic N) is 2. The highest BCUT2D eigenvalue weighted by atomic mass is 79.9. The highest BCUT2D eigenvalue weighted by molar-refractivity contribution is 9.10. The van der Waals surface area contributed by atoms with Crippen LogP contribution < -0.4 is 10.7 Å². The van der Waals surface area contributed by atoms with Gasteiger partial charge in [0.25, 0.3) is 0 Å². The number of halogens is 1. The van der Waals surface area contributed by atoms with Gasteiger partial charge in [-0.1, -0.05) is 58.4 Å². The average molecular weight is 392 g/mol. The van der Waals surface area contributed by atoms with E-state index in [1.165, 1.54) is 5.56 Å². The minimum atomic E-state index is 0.173. The number of para-hydroxylation sites is 1. The van der Waals surface area contributed by atoms with Crippen LogP contribution in [0.15, 0.2) is 88.4 Å². The predicted octanol–water partition coefficient (Wildman–Crippen LogP) is 5.39. The van der Waals surface area contributed by atoms with E-state index in [4.69, 9.17) is 10.8 Å². The SMILES string of the molecule is Nc1cccc(C2=NN(c3ccccc3)C(c3ccc(Br)cc3)C2)c1. The summed E-state index contributed by atoms with van der Waals surface area (Å²) in [5.74, 6) is 0. The molecule has 0 saturated heterocycles. The lowest BCUT2D eigenvalue weighted by molar-refractivity contribution is 0.709. The average Bonchev–Trinajstić information content (AvgIpc) is 3.08. The first-order valence-corrected chi connectivity index (χ1v) is 9.03. The topological polar surface area (TPSA) is 41.6 Å². The zero-order chi connectivity index (χ0) is 17.2. The van der Waals surface area contributed by atoms with Crippen LogP contribution in [0, 0.1) is 0 Å². The van der Waals surface area contributed by atoms with Crippen LogP contribution in [-0.4, -0.2) is 5.71 Å². The van der Waals surface area contributed by atoms with Gasteiger partial charge in [0, 0.05) is 16.6 Å². The lowest BCUT2D eigenvalue weighted by atomic mass is 9.98. The molecule has 0 aromatic heterocycles. The number of anilines is 2. The maximum absolute atomic E-state index is 5.96. The maximum atomic E-state index is 5.96. The molecule has 1 heterocycles. The third-order valence-electron chi connectivity index (χ3n) is 4.41. The molecular weight excluding hydrogens is 374 g/mol. The van der Waals surface area contributed by atoms with Gasteiger partial charge in [0.2, 0.25) is 0 Å². The highest BCUT2D eigenvalue weighted by Gasteiger charge is 2.29. The number of hydrazone groups is 1. The summed E-state index contributed by atoms with van der Waals surface area (Å²) in [7, 11) is 0. The summed E-state index contributed by atoms with van der Waals surface area (Å²) in [6.07, 6.45) is 0.847. The molecule has 1 aliphatic rings. The van der Waals surface area contributed by atoms with Crippen LogP contribution >= 0.6 is 15.9 Å². The lowest BCUT2D eigenvalue weighted by Crippen LogP contribution is -2.18. The number of rotatable bonds is 3. The Morgan fingerprint density at radius 1 is 0.920 bits per heavy atom. The minimum Gasteiger partial charge on any atom is -0.399 e. The van der Waals surface area contributed by atoms with E-state index in [-0.39, 0.29) is 6.04 Å². The van der Waals surface area contributed by atoms with Crippen molar-refractivity contribution in [2.24, 2.45) is 5.10 Å². The molecule has 3 aromatic carbocycles. The molecule has 0 aliphatic carbocycles. The second kappa shape index (κ2) is 6.73. The van der Waals surface area contributed by atoms with Crippen molar-refractivity contribution in [1.82, 2.24) is 0 Å². The van der Waals surface area contributed by atoms with Crippen molar-refractivity contribution in [2.75, 3.05) is 10.7 Å². The summed E-state index contributed by atoms with van der Waals surface area (Å²) in [6.45, 7) is 0. The van der Waals surface area contributed by atoms with E-state index in [1.807, 2.05) is 36.4 Å². The van der Waals surface area contributed by atoms with E-state index in [9.17, 15) is 0 Å². The number of hydrogen-bond acceptors (Lipinski definition) is 3. The largest absolute Gasteiger partial charge is 0.399 e. The van der Waals surface area contributed by atoms with Gasteiger partial charge >= 0.3 is 0 Å². The van der Waals surface area contributed by atoms with E-state index < -0.39 is 0 Å². The molecule has 2 N–H and O–H groups in total. The maximum Gasteiger partial charge on any atom is 0.0831 e. The van der Waals surface area contributed by atoms with Crippen LogP contribution in [0.2, 0.25) is 0 Å². The smallest absolute Gasteiger partial charge is 0.0831 e. The molecule has 25 heavy (non-hydrogen) atoms. The molecular formula is C21H18BrN3. The molecule has 0 amide bonds. The third kappa shape index (κ3) is 3.30. The molecule has 124 valence electrons. The Morgan fingerprint density at radius 2 is 1.68 bits per heavy atom. The van der Waals surface area contributed by atoms with Gasteiger partial charge in [-0.05, 0) is 47.5 Å². The van der Waals surface area contributed by atoms with E-state index in [2.05, 4.69) is 63.4 Å². The fourth-order valence-corrected chi connectivity index (χ4v) is 3.43. The van der Waals surface area contributed by atoms with Crippen LogP contribution in [0.3, 0.4) is 0 Å². The minimum absolute atomic E-state index is 0.173. The molecule has 0 spiro atoms. The molecule has 3 nitrogen and oxygen atoms in total. The first-order chi connectivity index (χ1) is 12.2. The first kappa shape index (κ1) is 15.9. The molecule has 1 unspecified atom stereocenters. The fourth-order valence-electron chi connectivity index (χ4n) is 3.17. The quantitative estimate of drug-likeness (QED) is 0.608. The normalized spacial score (nSPS) is 16.8. The summed E-state index contributed by atoms with van der Waals surface area (Å²) in [6, 6.07) is 26.9. The molecule has 3 aromatic rings. The molecule has 0 saturated carbocycles. The van der Waals surface area contributed by atoms with Gasteiger partial charge in [0.15, 0.2) is 0 Å². The number of nitrogen functional groups attached to an aromatic ring is 1. The fraction of sp³-hybridized carbons (Fsp3) is 0.0952. The van der Waals surface area contributed by atoms with E-state index in [0.717, 1.165) is 33.5 Å². The summed E-state index contributed by atoms with van der Waals surface area (Å²) in [5, 5.41) is 7.05.